The van der Waals surface area contributed by atoms with Gasteiger partial charge in [0, 0.05) is 24.9 Å². The first kappa shape index (κ1) is 9.99. The third-order valence-electron chi connectivity index (χ3n) is 0.966. The predicted octanol–water partition coefficient (Wildman–Crippen LogP) is -1.62. The van der Waals surface area contributed by atoms with Crippen molar-refractivity contribution in [3.63, 3.8) is 0 Å². The van der Waals surface area contributed by atoms with Crippen molar-refractivity contribution in [3.05, 3.63) is 0 Å². The van der Waals surface area contributed by atoms with Gasteiger partial charge in [-0.3, -0.25) is 4.21 Å². The molecule has 0 radical (unpaired) electrons. The van der Waals surface area contributed by atoms with Gasteiger partial charge in [0.05, 0.1) is 12.7 Å². The van der Waals surface area contributed by atoms with Gasteiger partial charge in [0.1, 0.15) is 0 Å². The third-order valence-corrected chi connectivity index (χ3v) is 1.37. The van der Waals surface area contributed by atoms with Crippen LogP contribution >= 0.6 is 0 Å². The van der Waals surface area contributed by atoms with Crippen LogP contribution in [0.1, 0.15) is 0 Å². The van der Waals surface area contributed by atoms with Crippen molar-refractivity contribution < 1.29 is 18.6 Å². The number of methoxy groups -OCH3 is 1. The second-order valence-corrected chi connectivity index (χ2v) is 2.38. The highest BCUT2D eigenvalue weighted by molar-refractivity contribution is 7.77. The Kier molecular flexibility index (Phi) is 5.74. The molecule has 0 aromatic heterocycles. The Morgan fingerprint density at radius 3 is 2.80 bits per heavy atom. The van der Waals surface area contributed by atoms with Gasteiger partial charge in [-0.05, 0) is 0 Å². The molecule has 0 aromatic rings. The zero-order chi connectivity index (χ0) is 7.98. The Balaban J connectivity index is 3.34. The summed E-state index contributed by atoms with van der Waals surface area (Å²) in [7, 11) is 1.40. The maximum atomic E-state index is 9.89. The van der Waals surface area contributed by atoms with Crippen molar-refractivity contribution in [1.82, 2.24) is 4.72 Å². The van der Waals surface area contributed by atoms with Crippen LogP contribution in [0.3, 0.4) is 0 Å². The highest BCUT2D eigenvalue weighted by Crippen LogP contribution is 1.84. The molecular weight excluding hydrogens is 158 g/mol. The molecule has 5 nitrogen and oxygen atoms in total. The van der Waals surface area contributed by atoms with Gasteiger partial charge in [-0.25, -0.2) is 4.72 Å². The minimum Gasteiger partial charge on any atom is -0.760 e. The van der Waals surface area contributed by atoms with E-state index in [0.29, 0.717) is 0 Å². The topological polar surface area (TPSA) is 81.6 Å². The van der Waals surface area contributed by atoms with Crippen LogP contribution < -0.4 is 4.72 Å². The Bertz CT molecular complexity index is 105. The number of hydrogen-bond donors (Lipinski definition) is 2. The summed E-state index contributed by atoms with van der Waals surface area (Å²) in [5.74, 6) is 0. The van der Waals surface area contributed by atoms with E-state index >= 15 is 0 Å². The van der Waals surface area contributed by atoms with Crippen LogP contribution in [0.4, 0.5) is 0 Å². The van der Waals surface area contributed by atoms with Gasteiger partial charge in [0.15, 0.2) is 0 Å². The SMILES string of the molecule is COC(CO)CNS(=O)[O-]. The molecule has 0 rings (SSSR count). The molecule has 0 aliphatic heterocycles. The van der Waals surface area contributed by atoms with Gasteiger partial charge >= 0.3 is 0 Å². The van der Waals surface area contributed by atoms with Gasteiger partial charge < -0.3 is 14.4 Å². The molecule has 2 atom stereocenters. The van der Waals surface area contributed by atoms with Gasteiger partial charge in [0.25, 0.3) is 0 Å². The largest absolute Gasteiger partial charge is 0.760 e. The fourth-order valence-electron chi connectivity index (χ4n) is 0.383. The van der Waals surface area contributed by atoms with E-state index in [1.54, 1.807) is 0 Å². The van der Waals surface area contributed by atoms with Crippen molar-refractivity contribution in [1.29, 1.82) is 0 Å². The molecule has 0 fully saturated rings. The van der Waals surface area contributed by atoms with E-state index in [9.17, 15) is 8.76 Å². The highest BCUT2D eigenvalue weighted by atomic mass is 32.2. The Hall–Kier alpha value is -0.0100. The molecule has 10 heavy (non-hydrogen) atoms. The summed E-state index contributed by atoms with van der Waals surface area (Å²) >= 11 is -2.28. The smallest absolute Gasteiger partial charge is 0.0935 e. The first-order valence-corrected chi connectivity index (χ1v) is 3.74. The van der Waals surface area contributed by atoms with E-state index in [0.717, 1.165) is 0 Å². The highest BCUT2D eigenvalue weighted by Gasteiger charge is 2.02. The van der Waals surface area contributed by atoms with E-state index in [-0.39, 0.29) is 13.2 Å². The number of rotatable bonds is 5. The first-order valence-electron chi connectivity index (χ1n) is 2.67. The number of aliphatic hydroxyl groups is 1. The molecule has 0 saturated carbocycles. The molecule has 2 N–H and O–H groups in total. The second kappa shape index (κ2) is 5.75. The van der Waals surface area contributed by atoms with Gasteiger partial charge in [-0.2, -0.15) is 0 Å². The van der Waals surface area contributed by atoms with Crippen LogP contribution in [-0.4, -0.2) is 40.2 Å². The molecule has 2 unspecified atom stereocenters. The molecule has 62 valence electrons. The van der Waals surface area contributed by atoms with E-state index in [1.165, 1.54) is 7.11 Å². The van der Waals surface area contributed by atoms with Crippen molar-refractivity contribution in [2.45, 2.75) is 6.10 Å². The summed E-state index contributed by atoms with van der Waals surface area (Å²) in [5.41, 5.74) is 0. The van der Waals surface area contributed by atoms with Crippen molar-refractivity contribution in [3.8, 4) is 0 Å². The van der Waals surface area contributed by atoms with Crippen molar-refractivity contribution in [2.24, 2.45) is 0 Å². The molecule has 0 aromatic carbocycles. The number of nitrogens with one attached hydrogen (secondary N) is 1. The van der Waals surface area contributed by atoms with Gasteiger partial charge in [-0.1, -0.05) is 0 Å². The molecule has 6 heteroatoms. The quantitative estimate of drug-likeness (QED) is 0.483. The standard InChI is InChI=1S/C4H11NO4S/c1-9-4(3-6)2-5-10(7)8/h4-6H,2-3H2,1H3,(H,7,8)/p-1. The molecule has 0 aliphatic rings. The van der Waals surface area contributed by atoms with E-state index in [4.69, 9.17) is 5.11 Å². The predicted molar refractivity (Wildman–Crippen MR) is 34.8 cm³/mol. The van der Waals surface area contributed by atoms with Gasteiger partial charge in [-0.15, -0.1) is 0 Å². The summed E-state index contributed by atoms with van der Waals surface area (Å²) in [6.45, 7) is -0.0934. The van der Waals surface area contributed by atoms with Crippen LogP contribution in [0.15, 0.2) is 0 Å². The fraction of sp³-hybridized carbons (Fsp3) is 1.00. The Labute approximate surface area is 61.8 Å². The molecule has 0 amide bonds. The summed E-state index contributed by atoms with van der Waals surface area (Å²) in [4.78, 5) is 0. The number of aliphatic hydroxyl groups excluding tert-OH is 1. The first-order chi connectivity index (χ1) is 4.70. The normalized spacial score (nSPS) is 16.7. The molecule has 0 spiro atoms. The van der Waals surface area contributed by atoms with Gasteiger partial charge in [0.2, 0.25) is 0 Å². The molecule has 0 saturated heterocycles. The average Bonchev–Trinajstić information content (AvgIpc) is 1.90. The summed E-state index contributed by atoms with van der Waals surface area (Å²) in [5, 5.41) is 8.47. The van der Waals surface area contributed by atoms with Crippen LogP contribution in [0.25, 0.3) is 0 Å². The second-order valence-electron chi connectivity index (χ2n) is 1.62. The van der Waals surface area contributed by atoms with Crippen molar-refractivity contribution in [2.75, 3.05) is 20.3 Å². The lowest BCUT2D eigenvalue weighted by molar-refractivity contribution is 0.0527. The summed E-state index contributed by atoms with van der Waals surface area (Å²) in [6, 6.07) is 0. The lowest BCUT2D eigenvalue weighted by Gasteiger charge is -2.13. The van der Waals surface area contributed by atoms with Crippen LogP contribution in [0.5, 0.6) is 0 Å². The third kappa shape index (κ3) is 4.83. The van der Waals surface area contributed by atoms with E-state index in [1.807, 2.05) is 0 Å². The maximum Gasteiger partial charge on any atom is 0.0935 e. The lowest BCUT2D eigenvalue weighted by Crippen LogP contribution is -2.32. The van der Waals surface area contributed by atoms with E-state index < -0.39 is 17.4 Å². The van der Waals surface area contributed by atoms with Crippen LogP contribution in [0, 0.1) is 0 Å². The van der Waals surface area contributed by atoms with E-state index in [2.05, 4.69) is 9.46 Å². The molecule has 0 aliphatic carbocycles. The molecule has 0 heterocycles. The minimum absolute atomic E-state index is 0.100. The zero-order valence-corrected chi connectivity index (χ0v) is 6.39. The molecular formula is C4H10NO4S-. The average molecular weight is 168 g/mol. The molecule has 0 bridgehead atoms. The summed E-state index contributed by atoms with van der Waals surface area (Å²) < 4.78 is 26.5. The monoisotopic (exact) mass is 168 g/mol. The van der Waals surface area contributed by atoms with Crippen molar-refractivity contribution >= 4 is 11.3 Å². The lowest BCUT2D eigenvalue weighted by atomic mass is 10.4. The number of hydrogen-bond acceptors (Lipinski definition) is 4. The van der Waals surface area contributed by atoms with Crippen LogP contribution in [-0.2, 0) is 16.0 Å². The minimum atomic E-state index is -2.28. The Morgan fingerprint density at radius 1 is 1.90 bits per heavy atom. The maximum absolute atomic E-state index is 9.89. The fourth-order valence-corrected chi connectivity index (χ4v) is 0.705. The van der Waals surface area contributed by atoms with Crippen LogP contribution in [0.2, 0.25) is 0 Å². The Morgan fingerprint density at radius 2 is 2.50 bits per heavy atom. The number of ether oxygens (including phenoxy) is 1. The summed E-state index contributed by atoms with van der Waals surface area (Å²) in [6.07, 6.45) is -0.460. The zero-order valence-electron chi connectivity index (χ0n) is 5.57.